The number of hydrogen-bond acceptors (Lipinski definition) is 2. The van der Waals surface area contributed by atoms with Gasteiger partial charge in [0.1, 0.15) is 5.82 Å². The molecule has 0 spiro atoms. The second-order valence-electron chi connectivity index (χ2n) is 3.50. The SMILES string of the molecule is OCc1cc(F)ccc1C1CCCO1. The molecule has 2 rings (SSSR count). The number of halogens is 1. The van der Waals surface area contributed by atoms with E-state index in [1.54, 1.807) is 6.07 Å². The van der Waals surface area contributed by atoms with Crippen LogP contribution in [0.15, 0.2) is 18.2 Å². The summed E-state index contributed by atoms with van der Waals surface area (Å²) in [4.78, 5) is 0. The molecule has 1 atom stereocenters. The molecule has 0 bridgehead atoms. The highest BCUT2D eigenvalue weighted by Gasteiger charge is 2.20. The van der Waals surface area contributed by atoms with E-state index in [4.69, 9.17) is 9.84 Å². The van der Waals surface area contributed by atoms with Gasteiger partial charge in [-0.15, -0.1) is 0 Å². The van der Waals surface area contributed by atoms with Crippen LogP contribution >= 0.6 is 0 Å². The van der Waals surface area contributed by atoms with Crippen LogP contribution in [0.1, 0.15) is 30.1 Å². The van der Waals surface area contributed by atoms with Crippen molar-refractivity contribution < 1.29 is 14.2 Å². The zero-order valence-corrected chi connectivity index (χ0v) is 7.87. The van der Waals surface area contributed by atoms with Gasteiger partial charge in [0.25, 0.3) is 0 Å². The molecule has 0 radical (unpaired) electrons. The molecule has 0 amide bonds. The van der Waals surface area contributed by atoms with E-state index >= 15 is 0 Å². The normalized spacial score (nSPS) is 21.4. The first-order valence-corrected chi connectivity index (χ1v) is 4.82. The Morgan fingerprint density at radius 2 is 2.36 bits per heavy atom. The third kappa shape index (κ3) is 1.79. The zero-order chi connectivity index (χ0) is 9.97. The molecule has 3 heteroatoms. The maximum absolute atomic E-state index is 12.9. The monoisotopic (exact) mass is 196 g/mol. The van der Waals surface area contributed by atoms with Crippen LogP contribution in [0.5, 0.6) is 0 Å². The van der Waals surface area contributed by atoms with Crippen LogP contribution in [-0.2, 0) is 11.3 Å². The Bertz CT molecular complexity index is 319. The van der Waals surface area contributed by atoms with Crippen molar-refractivity contribution in [3.8, 4) is 0 Å². The topological polar surface area (TPSA) is 29.5 Å². The van der Waals surface area contributed by atoms with Gasteiger partial charge < -0.3 is 9.84 Å². The first-order chi connectivity index (χ1) is 6.81. The summed E-state index contributed by atoms with van der Waals surface area (Å²) in [6.45, 7) is 0.625. The van der Waals surface area contributed by atoms with E-state index in [9.17, 15) is 4.39 Å². The lowest BCUT2D eigenvalue weighted by Gasteiger charge is -2.13. The van der Waals surface area contributed by atoms with Crippen LogP contribution in [0.3, 0.4) is 0 Å². The summed E-state index contributed by atoms with van der Waals surface area (Å²) in [7, 11) is 0. The number of aliphatic hydroxyl groups excluding tert-OH is 1. The van der Waals surface area contributed by atoms with Crippen molar-refractivity contribution in [3.05, 3.63) is 35.1 Å². The lowest BCUT2D eigenvalue weighted by atomic mass is 10.0. The first-order valence-electron chi connectivity index (χ1n) is 4.82. The van der Waals surface area contributed by atoms with Crippen LogP contribution in [0, 0.1) is 5.82 Å². The molecule has 2 nitrogen and oxygen atoms in total. The third-order valence-corrected chi connectivity index (χ3v) is 2.55. The lowest BCUT2D eigenvalue weighted by molar-refractivity contribution is 0.110. The smallest absolute Gasteiger partial charge is 0.123 e. The van der Waals surface area contributed by atoms with Gasteiger partial charge in [-0.25, -0.2) is 4.39 Å². The Hall–Kier alpha value is -0.930. The molecule has 1 aliphatic heterocycles. The standard InChI is InChI=1S/C11H13FO2/c12-9-3-4-10(8(6-9)7-13)11-2-1-5-14-11/h3-4,6,11,13H,1-2,5,7H2. The molecule has 1 aromatic rings. The van der Waals surface area contributed by atoms with Gasteiger partial charge in [-0.3, -0.25) is 0 Å². The Kier molecular flexibility index (Phi) is 2.79. The van der Waals surface area contributed by atoms with Gasteiger partial charge in [0.15, 0.2) is 0 Å². The van der Waals surface area contributed by atoms with E-state index in [1.165, 1.54) is 12.1 Å². The Balaban J connectivity index is 2.31. The van der Waals surface area contributed by atoms with E-state index in [0.29, 0.717) is 5.56 Å². The quantitative estimate of drug-likeness (QED) is 0.785. The highest BCUT2D eigenvalue weighted by atomic mass is 19.1. The van der Waals surface area contributed by atoms with E-state index in [0.717, 1.165) is 25.0 Å². The molecular weight excluding hydrogens is 183 g/mol. The summed E-state index contributed by atoms with van der Waals surface area (Å²) >= 11 is 0. The predicted octanol–water partition coefficient (Wildman–Crippen LogP) is 2.17. The van der Waals surface area contributed by atoms with Crippen molar-refractivity contribution in [2.24, 2.45) is 0 Å². The lowest BCUT2D eigenvalue weighted by Crippen LogP contribution is -2.01. The fourth-order valence-corrected chi connectivity index (χ4v) is 1.85. The highest BCUT2D eigenvalue weighted by molar-refractivity contribution is 5.29. The maximum Gasteiger partial charge on any atom is 0.123 e. The molecule has 1 saturated heterocycles. The summed E-state index contributed by atoms with van der Waals surface area (Å²) in [5.74, 6) is -0.309. The van der Waals surface area contributed by atoms with Gasteiger partial charge in [0.2, 0.25) is 0 Å². The summed E-state index contributed by atoms with van der Waals surface area (Å²) in [6, 6.07) is 4.49. The minimum absolute atomic E-state index is 0.0396. The number of ether oxygens (including phenoxy) is 1. The molecule has 0 saturated carbocycles. The van der Waals surface area contributed by atoms with Crippen LogP contribution in [0.2, 0.25) is 0 Å². The molecular formula is C11H13FO2. The number of benzene rings is 1. The molecule has 14 heavy (non-hydrogen) atoms. The third-order valence-electron chi connectivity index (χ3n) is 2.55. The van der Waals surface area contributed by atoms with Gasteiger partial charge >= 0.3 is 0 Å². The maximum atomic E-state index is 12.9. The molecule has 76 valence electrons. The van der Waals surface area contributed by atoms with Crippen molar-refractivity contribution in [1.82, 2.24) is 0 Å². The molecule has 1 heterocycles. The summed E-state index contributed by atoms with van der Waals surface area (Å²) < 4.78 is 18.4. The van der Waals surface area contributed by atoms with Crippen LogP contribution in [0.25, 0.3) is 0 Å². The molecule has 0 aromatic heterocycles. The first kappa shape index (κ1) is 9.62. The van der Waals surface area contributed by atoms with Crippen molar-refractivity contribution in [1.29, 1.82) is 0 Å². The Labute approximate surface area is 82.3 Å². The van der Waals surface area contributed by atoms with Crippen molar-refractivity contribution in [2.75, 3.05) is 6.61 Å². The second-order valence-corrected chi connectivity index (χ2v) is 3.50. The number of aliphatic hydroxyl groups is 1. The van der Waals surface area contributed by atoms with Crippen molar-refractivity contribution in [3.63, 3.8) is 0 Å². The number of hydrogen-bond donors (Lipinski definition) is 1. The predicted molar refractivity (Wildman–Crippen MR) is 50.2 cm³/mol. The van der Waals surface area contributed by atoms with Gasteiger partial charge in [-0.1, -0.05) is 6.07 Å². The van der Waals surface area contributed by atoms with Gasteiger partial charge in [0, 0.05) is 6.61 Å². The van der Waals surface area contributed by atoms with Crippen LogP contribution in [-0.4, -0.2) is 11.7 Å². The van der Waals surface area contributed by atoms with E-state index in [2.05, 4.69) is 0 Å². The molecule has 1 N–H and O–H groups in total. The molecule has 1 unspecified atom stereocenters. The average Bonchev–Trinajstić information content (AvgIpc) is 2.70. The van der Waals surface area contributed by atoms with E-state index in [1.807, 2.05) is 0 Å². The second kappa shape index (κ2) is 4.07. The summed E-state index contributed by atoms with van der Waals surface area (Å²) in [5.41, 5.74) is 1.56. The Morgan fingerprint density at radius 1 is 1.50 bits per heavy atom. The molecule has 1 fully saturated rings. The molecule has 0 aliphatic carbocycles. The Morgan fingerprint density at radius 3 is 3.00 bits per heavy atom. The van der Waals surface area contributed by atoms with Gasteiger partial charge in [-0.2, -0.15) is 0 Å². The molecule has 1 aliphatic rings. The van der Waals surface area contributed by atoms with Gasteiger partial charge in [-0.05, 0) is 36.1 Å². The van der Waals surface area contributed by atoms with E-state index in [-0.39, 0.29) is 18.5 Å². The van der Waals surface area contributed by atoms with Crippen molar-refractivity contribution >= 4 is 0 Å². The largest absolute Gasteiger partial charge is 0.392 e. The van der Waals surface area contributed by atoms with Crippen LogP contribution < -0.4 is 0 Å². The number of rotatable bonds is 2. The molecule has 1 aromatic carbocycles. The van der Waals surface area contributed by atoms with Gasteiger partial charge in [0.05, 0.1) is 12.7 Å². The summed E-state index contributed by atoms with van der Waals surface area (Å²) in [5, 5.41) is 9.08. The minimum Gasteiger partial charge on any atom is -0.392 e. The zero-order valence-electron chi connectivity index (χ0n) is 7.87. The fourth-order valence-electron chi connectivity index (χ4n) is 1.85. The fraction of sp³-hybridized carbons (Fsp3) is 0.455. The average molecular weight is 196 g/mol. The summed E-state index contributed by atoms with van der Waals surface area (Å²) in [6.07, 6.45) is 2.03. The van der Waals surface area contributed by atoms with E-state index < -0.39 is 0 Å². The minimum atomic E-state index is -0.309. The van der Waals surface area contributed by atoms with Crippen LogP contribution in [0.4, 0.5) is 4.39 Å². The van der Waals surface area contributed by atoms with Crippen molar-refractivity contribution in [2.45, 2.75) is 25.6 Å². The highest BCUT2D eigenvalue weighted by Crippen LogP contribution is 2.31.